The van der Waals surface area contributed by atoms with E-state index in [4.69, 9.17) is 11.0 Å². The van der Waals surface area contributed by atoms with Crippen molar-refractivity contribution >= 4 is 12.6 Å². The number of hydrogen-bond donors (Lipinski definition) is 2. The van der Waals surface area contributed by atoms with E-state index in [1.54, 1.807) is 0 Å². The van der Waals surface area contributed by atoms with Crippen LogP contribution in [-0.2, 0) is 0 Å². The van der Waals surface area contributed by atoms with Crippen molar-refractivity contribution in [3.63, 3.8) is 0 Å². The molecule has 12 heavy (non-hydrogen) atoms. The first-order valence-corrected chi connectivity index (χ1v) is 4.11. The van der Waals surface area contributed by atoms with E-state index in [0.717, 1.165) is 10.5 Å². The summed E-state index contributed by atoms with van der Waals surface area (Å²) in [6.07, 6.45) is 0.331. The van der Waals surface area contributed by atoms with Crippen molar-refractivity contribution in [1.29, 1.82) is 5.26 Å². The van der Waals surface area contributed by atoms with Gasteiger partial charge in [0, 0.05) is 10.9 Å². The van der Waals surface area contributed by atoms with Crippen molar-refractivity contribution in [3.05, 3.63) is 29.8 Å². The van der Waals surface area contributed by atoms with Gasteiger partial charge in [-0.1, -0.05) is 18.2 Å². The molecule has 0 heterocycles. The van der Waals surface area contributed by atoms with E-state index in [9.17, 15) is 0 Å². The van der Waals surface area contributed by atoms with Crippen LogP contribution >= 0.6 is 12.6 Å². The van der Waals surface area contributed by atoms with Crippen LogP contribution in [0.25, 0.3) is 0 Å². The van der Waals surface area contributed by atoms with Crippen LogP contribution in [0.3, 0.4) is 0 Å². The molecular weight excluding hydrogens is 168 g/mol. The van der Waals surface area contributed by atoms with Crippen molar-refractivity contribution in [1.82, 2.24) is 0 Å². The van der Waals surface area contributed by atoms with E-state index in [2.05, 4.69) is 12.6 Å². The quantitative estimate of drug-likeness (QED) is 0.679. The lowest BCUT2D eigenvalue weighted by Crippen LogP contribution is -2.09. The van der Waals surface area contributed by atoms with Crippen LogP contribution in [0.5, 0.6) is 0 Å². The third-order valence-electron chi connectivity index (χ3n) is 1.65. The fraction of sp³-hybridized carbons (Fsp3) is 0.222. The molecular formula is C9H10N2S. The zero-order valence-electron chi connectivity index (χ0n) is 6.57. The fourth-order valence-corrected chi connectivity index (χ4v) is 1.34. The van der Waals surface area contributed by atoms with Gasteiger partial charge in [-0.05, 0) is 11.6 Å². The summed E-state index contributed by atoms with van der Waals surface area (Å²) >= 11 is 4.24. The minimum Gasteiger partial charge on any atom is -0.323 e. The number of hydrogen-bond acceptors (Lipinski definition) is 3. The van der Waals surface area contributed by atoms with Crippen LogP contribution in [0.1, 0.15) is 18.0 Å². The van der Waals surface area contributed by atoms with Gasteiger partial charge in [0.05, 0.1) is 12.5 Å². The Labute approximate surface area is 77.4 Å². The standard InChI is InChI=1S/C9H10N2S/c10-6-5-8(11)7-3-1-2-4-9(7)12/h1-4,8,12H,5,11H2/t8-/m0/s1. The third kappa shape index (κ3) is 2.00. The smallest absolute Gasteiger partial charge is 0.0641 e. The van der Waals surface area contributed by atoms with Crippen LogP contribution in [0.2, 0.25) is 0 Å². The molecule has 0 amide bonds. The lowest BCUT2D eigenvalue weighted by atomic mass is 10.1. The summed E-state index contributed by atoms with van der Waals surface area (Å²) in [5.74, 6) is 0. The zero-order chi connectivity index (χ0) is 8.97. The molecule has 2 nitrogen and oxygen atoms in total. The lowest BCUT2D eigenvalue weighted by molar-refractivity contribution is 0.733. The molecule has 0 bridgehead atoms. The van der Waals surface area contributed by atoms with E-state index in [1.165, 1.54) is 0 Å². The molecule has 0 aliphatic rings. The highest BCUT2D eigenvalue weighted by Gasteiger charge is 2.06. The monoisotopic (exact) mass is 178 g/mol. The predicted molar refractivity (Wildman–Crippen MR) is 50.9 cm³/mol. The van der Waals surface area contributed by atoms with Crippen LogP contribution in [0.4, 0.5) is 0 Å². The molecule has 62 valence electrons. The number of nitrogens with two attached hydrogens (primary N) is 1. The summed E-state index contributed by atoms with van der Waals surface area (Å²) in [5, 5.41) is 8.43. The molecule has 1 atom stereocenters. The van der Waals surface area contributed by atoms with Gasteiger partial charge in [0.2, 0.25) is 0 Å². The normalized spacial score (nSPS) is 12.1. The molecule has 1 aromatic rings. The summed E-state index contributed by atoms with van der Waals surface area (Å²) < 4.78 is 0. The molecule has 0 unspecified atom stereocenters. The molecule has 0 saturated carbocycles. The number of nitrogens with zero attached hydrogens (tertiary/aromatic N) is 1. The number of nitriles is 1. The van der Waals surface area contributed by atoms with E-state index in [1.807, 2.05) is 30.3 Å². The van der Waals surface area contributed by atoms with Gasteiger partial charge in [0.25, 0.3) is 0 Å². The van der Waals surface area contributed by atoms with Gasteiger partial charge in [-0.25, -0.2) is 0 Å². The second-order valence-corrected chi connectivity index (χ2v) is 3.01. The Morgan fingerprint density at radius 1 is 1.50 bits per heavy atom. The molecule has 0 spiro atoms. The fourth-order valence-electron chi connectivity index (χ4n) is 1.01. The molecule has 1 aromatic carbocycles. The first kappa shape index (κ1) is 9.11. The van der Waals surface area contributed by atoms with E-state index >= 15 is 0 Å². The first-order chi connectivity index (χ1) is 5.75. The second-order valence-electron chi connectivity index (χ2n) is 2.53. The topological polar surface area (TPSA) is 49.8 Å². The highest BCUT2D eigenvalue weighted by molar-refractivity contribution is 7.80. The Hall–Kier alpha value is -0.980. The molecule has 0 aliphatic carbocycles. The van der Waals surface area contributed by atoms with Crippen LogP contribution in [0, 0.1) is 11.3 Å². The number of thiol groups is 1. The molecule has 1 rings (SSSR count). The van der Waals surface area contributed by atoms with Crippen LogP contribution in [0.15, 0.2) is 29.2 Å². The lowest BCUT2D eigenvalue weighted by Gasteiger charge is -2.09. The Bertz CT molecular complexity index is 304. The van der Waals surface area contributed by atoms with Gasteiger partial charge in [-0.3, -0.25) is 0 Å². The molecule has 0 aliphatic heterocycles. The number of benzene rings is 1. The predicted octanol–water partition coefficient (Wildman–Crippen LogP) is 1.89. The molecule has 0 fully saturated rings. The summed E-state index contributed by atoms with van der Waals surface area (Å²) in [6.45, 7) is 0. The van der Waals surface area contributed by atoms with Crippen molar-refractivity contribution in [3.8, 4) is 6.07 Å². The summed E-state index contributed by atoms with van der Waals surface area (Å²) in [5.41, 5.74) is 6.67. The van der Waals surface area contributed by atoms with Crippen molar-refractivity contribution in [2.45, 2.75) is 17.4 Å². The molecule has 0 radical (unpaired) electrons. The van der Waals surface area contributed by atoms with Crippen LogP contribution in [-0.4, -0.2) is 0 Å². The van der Waals surface area contributed by atoms with Crippen molar-refractivity contribution in [2.75, 3.05) is 0 Å². The summed E-state index contributed by atoms with van der Waals surface area (Å²) in [7, 11) is 0. The Kier molecular flexibility index (Phi) is 3.15. The Morgan fingerprint density at radius 2 is 2.17 bits per heavy atom. The molecule has 0 saturated heterocycles. The van der Waals surface area contributed by atoms with Gasteiger partial charge in [0.1, 0.15) is 0 Å². The Balaban J connectivity index is 2.88. The van der Waals surface area contributed by atoms with E-state index in [-0.39, 0.29) is 6.04 Å². The highest BCUT2D eigenvalue weighted by atomic mass is 32.1. The summed E-state index contributed by atoms with van der Waals surface area (Å²) in [6, 6.07) is 9.37. The van der Waals surface area contributed by atoms with Crippen molar-refractivity contribution in [2.24, 2.45) is 5.73 Å². The van der Waals surface area contributed by atoms with Crippen molar-refractivity contribution < 1.29 is 0 Å². The van der Waals surface area contributed by atoms with Gasteiger partial charge in [-0.2, -0.15) is 5.26 Å². The Morgan fingerprint density at radius 3 is 2.75 bits per heavy atom. The maximum atomic E-state index is 8.43. The van der Waals surface area contributed by atoms with Gasteiger partial charge in [0.15, 0.2) is 0 Å². The van der Waals surface area contributed by atoms with Crippen LogP contribution < -0.4 is 5.73 Å². The van der Waals surface area contributed by atoms with E-state index in [0.29, 0.717) is 6.42 Å². The van der Waals surface area contributed by atoms with Gasteiger partial charge < -0.3 is 5.73 Å². The highest BCUT2D eigenvalue weighted by Crippen LogP contribution is 2.20. The molecule has 0 aromatic heterocycles. The average Bonchev–Trinajstić information content (AvgIpc) is 2.05. The minimum atomic E-state index is -0.219. The number of rotatable bonds is 2. The SMILES string of the molecule is N#CC[C@H](N)c1ccccc1S. The van der Waals surface area contributed by atoms with Gasteiger partial charge in [-0.15, -0.1) is 12.6 Å². The minimum absolute atomic E-state index is 0.219. The average molecular weight is 178 g/mol. The first-order valence-electron chi connectivity index (χ1n) is 3.66. The van der Waals surface area contributed by atoms with Gasteiger partial charge >= 0.3 is 0 Å². The maximum Gasteiger partial charge on any atom is 0.0641 e. The van der Waals surface area contributed by atoms with E-state index < -0.39 is 0 Å². The summed E-state index contributed by atoms with van der Waals surface area (Å²) in [4.78, 5) is 0.847. The largest absolute Gasteiger partial charge is 0.323 e. The molecule has 2 N–H and O–H groups in total. The second kappa shape index (κ2) is 4.15. The molecule has 3 heteroatoms. The maximum absolute atomic E-state index is 8.43. The third-order valence-corrected chi connectivity index (χ3v) is 2.05. The zero-order valence-corrected chi connectivity index (χ0v) is 7.46.